The predicted molar refractivity (Wildman–Crippen MR) is 216 cm³/mol. The molecule has 1 saturated heterocycles. The zero-order valence-electron chi connectivity index (χ0n) is 34.4. The molecule has 0 bridgehead atoms. The zero-order chi connectivity index (χ0) is 41.7. The minimum absolute atomic E-state index is 0.00674. The number of carbonyl (C=O) groups excluding carboxylic acids is 4. The molecule has 4 amide bonds. The Balaban J connectivity index is 1.22. The summed E-state index contributed by atoms with van der Waals surface area (Å²) in [5, 5.41) is 11.2. The maximum absolute atomic E-state index is 15.0. The largest absolute Gasteiger partial charge is 0.471 e. The van der Waals surface area contributed by atoms with Gasteiger partial charge in [-0.05, 0) is 101 Å². The third-order valence-electron chi connectivity index (χ3n) is 13.4. The first-order chi connectivity index (χ1) is 27.4. The summed E-state index contributed by atoms with van der Waals surface area (Å²) in [5.41, 5.74) is -1.83. The lowest BCUT2D eigenvalue weighted by atomic mass is 9.88. The molecule has 0 spiro atoms. The molecule has 2 aromatic rings. The fraction of sp³-hybridized carbons (Fsp3) is 0.667. The van der Waals surface area contributed by atoms with Crippen LogP contribution in [0.1, 0.15) is 99.3 Å². The molecule has 3 N–H and O–H groups in total. The molecular weight excluding hydrogens is 765 g/mol. The van der Waals surface area contributed by atoms with Crippen molar-refractivity contribution >= 4 is 44.6 Å². The minimum atomic E-state index is -4.02. The van der Waals surface area contributed by atoms with E-state index in [0.717, 1.165) is 19.3 Å². The van der Waals surface area contributed by atoms with Gasteiger partial charge in [-0.1, -0.05) is 52.0 Å². The Morgan fingerprint density at radius 3 is 2.33 bits per heavy atom. The van der Waals surface area contributed by atoms with E-state index in [4.69, 9.17) is 9.47 Å². The third kappa shape index (κ3) is 8.22. The second kappa shape index (κ2) is 15.9. The lowest BCUT2D eigenvalue weighted by molar-refractivity contribution is -0.142. The predicted octanol–water partition coefficient (Wildman–Crippen LogP) is 4.18. The molecule has 3 aliphatic carbocycles. The van der Waals surface area contributed by atoms with Crippen molar-refractivity contribution in [2.24, 2.45) is 29.6 Å². The van der Waals surface area contributed by atoms with Crippen LogP contribution in [0.25, 0.3) is 10.8 Å². The van der Waals surface area contributed by atoms with E-state index in [9.17, 15) is 32.4 Å². The molecule has 1 aromatic carbocycles. The summed E-state index contributed by atoms with van der Waals surface area (Å²) >= 11 is 0. The molecular formula is C42H58N6O9S. The maximum Gasteiger partial charge on any atom is 0.408 e. The number of benzene rings is 1. The van der Waals surface area contributed by atoms with Crippen molar-refractivity contribution in [3.63, 3.8) is 0 Å². The van der Waals surface area contributed by atoms with Crippen molar-refractivity contribution in [3.05, 3.63) is 46.8 Å². The van der Waals surface area contributed by atoms with E-state index in [1.54, 1.807) is 38.1 Å². The Morgan fingerprint density at radius 1 is 0.966 bits per heavy atom. The van der Waals surface area contributed by atoms with Crippen LogP contribution in [0.3, 0.4) is 0 Å². The van der Waals surface area contributed by atoms with Gasteiger partial charge in [0.15, 0.2) is 0 Å². The third-order valence-corrected chi connectivity index (χ3v) is 15.6. The Hall–Kier alpha value is -4.47. The van der Waals surface area contributed by atoms with Crippen molar-refractivity contribution in [3.8, 4) is 5.88 Å². The fourth-order valence-electron chi connectivity index (χ4n) is 9.06. The molecule has 3 saturated carbocycles. The van der Waals surface area contributed by atoms with Crippen LogP contribution in [0.15, 0.2) is 41.2 Å². The van der Waals surface area contributed by atoms with Crippen LogP contribution in [-0.2, 0) is 35.7 Å². The number of alkyl carbamates (subject to hydrolysis) is 1. The summed E-state index contributed by atoms with van der Waals surface area (Å²) in [6.45, 7) is 11.8. The number of nitrogens with one attached hydrogen (secondary N) is 3. The Morgan fingerprint density at radius 2 is 1.66 bits per heavy atom. The molecule has 2 aliphatic heterocycles. The lowest BCUT2D eigenvalue weighted by Crippen LogP contribution is -2.59. The van der Waals surface area contributed by atoms with Gasteiger partial charge in [0.1, 0.15) is 29.8 Å². The zero-order valence-corrected chi connectivity index (χ0v) is 35.2. The highest BCUT2D eigenvalue weighted by atomic mass is 32.2. The van der Waals surface area contributed by atoms with Gasteiger partial charge in [-0.3, -0.25) is 23.9 Å². The van der Waals surface area contributed by atoms with Gasteiger partial charge in [0, 0.05) is 18.9 Å². The number of allylic oxidation sites excluding steroid dienone is 1. The van der Waals surface area contributed by atoms with E-state index >= 15 is 0 Å². The van der Waals surface area contributed by atoms with Crippen LogP contribution in [0.2, 0.25) is 0 Å². The van der Waals surface area contributed by atoms with E-state index in [1.807, 2.05) is 19.1 Å². The molecule has 15 nitrogen and oxygen atoms in total. The Labute approximate surface area is 340 Å². The molecule has 1 unspecified atom stereocenters. The highest BCUT2D eigenvalue weighted by Crippen LogP contribution is 2.47. The summed E-state index contributed by atoms with van der Waals surface area (Å²) in [6.07, 6.45) is 6.58. The first-order valence-electron chi connectivity index (χ1n) is 20.9. The van der Waals surface area contributed by atoms with Gasteiger partial charge in [0.2, 0.25) is 27.7 Å². The van der Waals surface area contributed by atoms with E-state index in [2.05, 4.69) is 41.2 Å². The summed E-state index contributed by atoms with van der Waals surface area (Å²) in [7, 11) is -4.02. The first kappa shape index (κ1) is 41.7. The normalized spacial score (nSPS) is 34.1. The molecule has 4 fully saturated rings. The number of carbonyl (C=O) groups is 4. The number of amides is 4. The number of rotatable bonds is 8. The molecule has 5 aliphatic rings. The summed E-state index contributed by atoms with van der Waals surface area (Å²) in [5.74, 6) is -1.69. The van der Waals surface area contributed by atoms with Gasteiger partial charge < -0.3 is 25.0 Å². The van der Waals surface area contributed by atoms with E-state index in [0.29, 0.717) is 48.3 Å². The van der Waals surface area contributed by atoms with Gasteiger partial charge in [-0.15, -0.1) is 5.10 Å². The van der Waals surface area contributed by atoms with E-state index < -0.39 is 68.2 Å². The molecule has 3 heterocycles. The second-order valence-corrected chi connectivity index (χ2v) is 20.2. The Bertz CT molecular complexity index is 2140. The summed E-state index contributed by atoms with van der Waals surface area (Å²) in [6, 6.07) is 4.70. The number of aryl methyl sites for hydroxylation is 1. The SMILES string of the molecule is CCn1nc(O[C@@H]2C[C@H]3C(=O)N[C@]4(C(=O)NS(=O)(=O)C5(C)CC5)C[C@H]4/C=C\CC[C@@H](C)C[C@@H](C)[C@H](NC(=O)OC4C[C@@H](C)[C@@H](C)C4)C(=O)N3C2)c2ccccc2c1=O. The molecule has 16 heteroatoms. The van der Waals surface area contributed by atoms with Crippen molar-refractivity contribution in [2.75, 3.05) is 6.54 Å². The highest BCUT2D eigenvalue weighted by molar-refractivity contribution is 7.91. The number of fused-ring (bicyclic) bond motifs is 3. The molecule has 316 valence electrons. The average Bonchev–Trinajstić information content (AvgIpc) is 4.01. The number of sulfonamides is 1. The van der Waals surface area contributed by atoms with Crippen molar-refractivity contribution < 1.29 is 37.1 Å². The first-order valence-corrected chi connectivity index (χ1v) is 22.4. The van der Waals surface area contributed by atoms with Crippen molar-refractivity contribution in [2.45, 2.75) is 140 Å². The summed E-state index contributed by atoms with van der Waals surface area (Å²) < 4.78 is 41.4. The van der Waals surface area contributed by atoms with Crippen LogP contribution < -0.4 is 25.7 Å². The smallest absolute Gasteiger partial charge is 0.408 e. The number of aromatic nitrogens is 2. The van der Waals surface area contributed by atoms with Crippen LogP contribution >= 0.6 is 0 Å². The van der Waals surface area contributed by atoms with Gasteiger partial charge in [-0.25, -0.2) is 17.9 Å². The van der Waals surface area contributed by atoms with Crippen LogP contribution in [-0.4, -0.2) is 88.0 Å². The second-order valence-electron chi connectivity index (χ2n) is 18.0. The van der Waals surface area contributed by atoms with Crippen LogP contribution in [0.5, 0.6) is 5.88 Å². The maximum atomic E-state index is 15.0. The van der Waals surface area contributed by atoms with Gasteiger partial charge >= 0.3 is 6.09 Å². The van der Waals surface area contributed by atoms with Crippen LogP contribution in [0.4, 0.5) is 4.79 Å². The lowest BCUT2D eigenvalue weighted by Gasteiger charge is -2.33. The Kier molecular flexibility index (Phi) is 11.5. The van der Waals surface area contributed by atoms with Gasteiger partial charge in [0.25, 0.3) is 11.5 Å². The number of nitrogens with zero attached hydrogens (tertiary/aromatic N) is 3. The molecule has 7 rings (SSSR count). The van der Waals surface area contributed by atoms with Crippen molar-refractivity contribution in [1.29, 1.82) is 0 Å². The number of hydrogen-bond donors (Lipinski definition) is 3. The quantitative estimate of drug-likeness (QED) is 0.325. The summed E-state index contributed by atoms with van der Waals surface area (Å²) in [4.78, 5) is 71.6. The highest BCUT2D eigenvalue weighted by Gasteiger charge is 2.63. The van der Waals surface area contributed by atoms with Gasteiger partial charge in [-0.2, -0.15) is 0 Å². The molecule has 10 atom stereocenters. The monoisotopic (exact) mass is 822 g/mol. The van der Waals surface area contributed by atoms with Crippen molar-refractivity contribution in [1.82, 2.24) is 30.0 Å². The minimum Gasteiger partial charge on any atom is -0.471 e. The molecule has 1 aromatic heterocycles. The van der Waals surface area contributed by atoms with Crippen LogP contribution in [0, 0.1) is 29.6 Å². The average molecular weight is 823 g/mol. The molecule has 58 heavy (non-hydrogen) atoms. The topological polar surface area (TPSA) is 195 Å². The number of hydrogen-bond acceptors (Lipinski definition) is 10. The van der Waals surface area contributed by atoms with Gasteiger partial charge in [0.05, 0.1) is 22.1 Å². The number of ether oxygens (including phenoxy) is 2. The molecule has 0 radical (unpaired) electrons. The van der Waals surface area contributed by atoms with E-state index in [-0.39, 0.29) is 55.3 Å². The standard InChI is InChI=1S/C42H58N6O9S/c1-7-48-37(50)32-15-11-10-14-31(32)36(45-48)56-30-21-33-35(49)44-42(39(52)46-58(54,55)41(6)16-17-41)22-28(42)13-9-8-12-24(2)18-27(5)34(38(51)47(33)23-30)43-40(53)57-29-19-25(3)26(4)20-29/h9-11,13-15,24-30,33-34H,7-8,12,16-23H2,1-6H3,(H,43,53)(H,44,49)(H,46,52)/b13-9-/t24-,25-,26+,27-,28-,29?,30-,33+,34+,42-/m1/s1. The fourth-order valence-corrected chi connectivity index (χ4v) is 10.4. The van der Waals surface area contributed by atoms with E-state index in [1.165, 1.54) is 9.58 Å².